The van der Waals surface area contributed by atoms with Crippen LogP contribution in [0, 0.1) is 12.7 Å². The summed E-state index contributed by atoms with van der Waals surface area (Å²) >= 11 is 9.04. The molecule has 2 rings (SSSR count). The van der Waals surface area contributed by atoms with E-state index in [1.807, 2.05) is 19.1 Å². The second kappa shape index (κ2) is 4.67. The molecule has 0 saturated carbocycles. The van der Waals surface area contributed by atoms with E-state index in [9.17, 15) is 4.39 Å². The number of halogens is 3. The van der Waals surface area contributed by atoms with Gasteiger partial charge in [-0.2, -0.15) is 0 Å². The van der Waals surface area contributed by atoms with E-state index in [-0.39, 0.29) is 5.02 Å². The van der Waals surface area contributed by atoms with Crippen molar-refractivity contribution in [3.05, 3.63) is 51.2 Å². The third-order valence-electron chi connectivity index (χ3n) is 2.53. The lowest BCUT2D eigenvalue weighted by Gasteiger charge is -2.10. The molecule has 2 aromatic carbocycles. The number of benzene rings is 2. The quantitative estimate of drug-likeness (QED) is 0.594. The molecule has 0 aliphatic carbocycles. The van der Waals surface area contributed by atoms with Crippen LogP contribution in [0.3, 0.4) is 0 Å². The van der Waals surface area contributed by atoms with Gasteiger partial charge in [-0.15, -0.1) is 0 Å². The Kier molecular flexibility index (Phi) is 3.40. The minimum atomic E-state index is -0.460. The van der Waals surface area contributed by atoms with E-state index in [1.54, 1.807) is 18.2 Å². The third kappa shape index (κ3) is 2.31. The van der Waals surface area contributed by atoms with Crippen LogP contribution in [0.15, 0.2) is 34.8 Å². The highest BCUT2D eigenvalue weighted by molar-refractivity contribution is 9.10. The molecule has 0 heterocycles. The van der Waals surface area contributed by atoms with Gasteiger partial charge < -0.3 is 5.73 Å². The highest BCUT2D eigenvalue weighted by Crippen LogP contribution is 2.35. The fourth-order valence-electron chi connectivity index (χ4n) is 1.64. The first-order valence-corrected chi connectivity index (χ1v) is 6.18. The number of hydrogen-bond donors (Lipinski definition) is 1. The Morgan fingerprint density at radius 3 is 2.59 bits per heavy atom. The van der Waals surface area contributed by atoms with Gasteiger partial charge in [0, 0.05) is 21.3 Å². The molecule has 4 heteroatoms. The largest absolute Gasteiger partial charge is 0.398 e. The van der Waals surface area contributed by atoms with Crippen LogP contribution in [0.2, 0.25) is 5.02 Å². The number of aryl methyl sites for hydroxylation is 1. The molecule has 0 aromatic heterocycles. The average Bonchev–Trinajstić information content (AvgIpc) is 2.30. The zero-order chi connectivity index (χ0) is 12.6. The maximum absolute atomic E-state index is 14.0. The predicted octanol–water partition coefficient (Wildman–Crippen LogP) is 4.80. The van der Waals surface area contributed by atoms with Crippen molar-refractivity contribution in [3.8, 4) is 11.1 Å². The Labute approximate surface area is 113 Å². The lowest BCUT2D eigenvalue weighted by Crippen LogP contribution is -1.94. The fourth-order valence-corrected chi connectivity index (χ4v) is 2.11. The summed E-state index contributed by atoms with van der Waals surface area (Å²) in [5, 5.41) is 0.0726. The molecule has 0 aliphatic rings. The second-order valence-electron chi connectivity index (χ2n) is 3.81. The van der Waals surface area contributed by atoms with Crippen LogP contribution >= 0.6 is 27.5 Å². The lowest BCUT2D eigenvalue weighted by molar-refractivity contribution is 0.631. The molecule has 17 heavy (non-hydrogen) atoms. The van der Waals surface area contributed by atoms with E-state index in [0.29, 0.717) is 21.3 Å². The molecular weight excluding hydrogens is 305 g/mol. The van der Waals surface area contributed by atoms with Crippen LogP contribution in [0.1, 0.15) is 5.56 Å². The minimum Gasteiger partial charge on any atom is -0.398 e. The molecule has 2 N–H and O–H groups in total. The van der Waals surface area contributed by atoms with Crippen LogP contribution in [-0.4, -0.2) is 0 Å². The number of anilines is 1. The van der Waals surface area contributed by atoms with Crippen molar-refractivity contribution in [1.29, 1.82) is 0 Å². The van der Waals surface area contributed by atoms with E-state index in [0.717, 1.165) is 5.56 Å². The maximum Gasteiger partial charge on any atom is 0.150 e. The number of nitrogen functional groups attached to an aromatic ring is 1. The summed E-state index contributed by atoms with van der Waals surface area (Å²) in [5.41, 5.74) is 8.49. The molecule has 0 spiro atoms. The molecule has 0 saturated heterocycles. The minimum absolute atomic E-state index is 0.0726. The summed E-state index contributed by atoms with van der Waals surface area (Å²) in [6.45, 7) is 1.93. The molecule has 88 valence electrons. The number of nitrogens with two attached hydrogens (primary N) is 1. The topological polar surface area (TPSA) is 26.0 Å². The van der Waals surface area contributed by atoms with E-state index >= 15 is 0 Å². The molecule has 0 radical (unpaired) electrons. The summed E-state index contributed by atoms with van der Waals surface area (Å²) in [6.07, 6.45) is 0. The van der Waals surface area contributed by atoms with Gasteiger partial charge in [0.05, 0.1) is 5.02 Å². The van der Waals surface area contributed by atoms with Crippen LogP contribution in [0.4, 0.5) is 10.1 Å². The van der Waals surface area contributed by atoms with Crippen molar-refractivity contribution in [2.45, 2.75) is 6.92 Å². The molecule has 0 unspecified atom stereocenters. The average molecular weight is 315 g/mol. The SMILES string of the molecule is Cc1ccc(N)c(-c2ccc(Br)c(Cl)c2F)c1. The fraction of sp³-hybridized carbons (Fsp3) is 0.0769. The third-order valence-corrected chi connectivity index (χ3v) is 3.79. The zero-order valence-electron chi connectivity index (χ0n) is 9.10. The molecule has 1 nitrogen and oxygen atoms in total. The van der Waals surface area contributed by atoms with Crippen molar-refractivity contribution in [2.24, 2.45) is 0 Å². The van der Waals surface area contributed by atoms with Gasteiger partial charge >= 0.3 is 0 Å². The summed E-state index contributed by atoms with van der Waals surface area (Å²) in [7, 11) is 0. The Hall–Kier alpha value is -1.06. The second-order valence-corrected chi connectivity index (χ2v) is 5.05. The molecule has 0 amide bonds. The maximum atomic E-state index is 14.0. The molecule has 0 atom stereocenters. The zero-order valence-corrected chi connectivity index (χ0v) is 11.4. The van der Waals surface area contributed by atoms with Crippen molar-refractivity contribution in [1.82, 2.24) is 0 Å². The molecule has 0 aliphatic heterocycles. The van der Waals surface area contributed by atoms with Crippen molar-refractivity contribution in [2.75, 3.05) is 5.73 Å². The Balaban J connectivity index is 2.69. The van der Waals surface area contributed by atoms with E-state index in [4.69, 9.17) is 17.3 Å². The van der Waals surface area contributed by atoms with Crippen molar-refractivity contribution in [3.63, 3.8) is 0 Å². The van der Waals surface area contributed by atoms with Gasteiger partial charge in [0.15, 0.2) is 5.82 Å². The summed E-state index contributed by atoms with van der Waals surface area (Å²) in [4.78, 5) is 0. The van der Waals surface area contributed by atoms with Crippen molar-refractivity contribution < 1.29 is 4.39 Å². The lowest BCUT2D eigenvalue weighted by atomic mass is 10.0. The van der Waals surface area contributed by atoms with Gasteiger partial charge in [0.25, 0.3) is 0 Å². The number of rotatable bonds is 1. The van der Waals surface area contributed by atoms with Crippen LogP contribution in [0.25, 0.3) is 11.1 Å². The predicted molar refractivity (Wildman–Crippen MR) is 73.7 cm³/mol. The van der Waals surface area contributed by atoms with Gasteiger partial charge in [-0.25, -0.2) is 4.39 Å². The van der Waals surface area contributed by atoms with Gasteiger partial charge in [0.2, 0.25) is 0 Å². The molecule has 0 bridgehead atoms. The first-order valence-electron chi connectivity index (χ1n) is 5.00. The summed E-state index contributed by atoms with van der Waals surface area (Å²) in [6, 6.07) is 8.87. The molecule has 0 fully saturated rings. The van der Waals surface area contributed by atoms with Gasteiger partial charge in [0.1, 0.15) is 0 Å². The monoisotopic (exact) mass is 313 g/mol. The first-order chi connectivity index (χ1) is 8.00. The highest BCUT2D eigenvalue weighted by atomic mass is 79.9. The first kappa shape index (κ1) is 12.4. The van der Waals surface area contributed by atoms with Crippen LogP contribution < -0.4 is 5.73 Å². The van der Waals surface area contributed by atoms with E-state index in [1.165, 1.54) is 0 Å². The van der Waals surface area contributed by atoms with Crippen molar-refractivity contribution >= 4 is 33.2 Å². The summed E-state index contributed by atoms with van der Waals surface area (Å²) < 4.78 is 14.6. The van der Waals surface area contributed by atoms with Crippen LogP contribution in [-0.2, 0) is 0 Å². The molecule has 2 aromatic rings. The Morgan fingerprint density at radius 1 is 1.18 bits per heavy atom. The molecular formula is C13H10BrClFN. The number of hydrogen-bond acceptors (Lipinski definition) is 1. The highest BCUT2D eigenvalue weighted by Gasteiger charge is 2.13. The van der Waals surface area contributed by atoms with Gasteiger partial charge in [-0.3, -0.25) is 0 Å². The smallest absolute Gasteiger partial charge is 0.150 e. The van der Waals surface area contributed by atoms with Crippen LogP contribution in [0.5, 0.6) is 0 Å². The van der Waals surface area contributed by atoms with Gasteiger partial charge in [-0.05, 0) is 41.1 Å². The van der Waals surface area contributed by atoms with E-state index in [2.05, 4.69) is 15.9 Å². The standard InChI is InChI=1S/C13H10BrClFN/c1-7-2-5-11(17)9(6-7)8-3-4-10(14)12(15)13(8)16/h2-6H,17H2,1H3. The normalized spacial score (nSPS) is 10.6. The van der Waals surface area contributed by atoms with Gasteiger partial charge in [-0.1, -0.05) is 29.3 Å². The van der Waals surface area contributed by atoms with E-state index < -0.39 is 5.82 Å². The summed E-state index contributed by atoms with van der Waals surface area (Å²) in [5.74, 6) is -0.460. The Morgan fingerprint density at radius 2 is 1.88 bits per heavy atom. The Bertz CT molecular complexity index is 584.